The second-order valence-corrected chi connectivity index (χ2v) is 3.16. The van der Waals surface area contributed by atoms with E-state index in [2.05, 4.69) is 19.6 Å². The van der Waals surface area contributed by atoms with Crippen molar-refractivity contribution in [1.82, 2.24) is 0 Å². The summed E-state index contributed by atoms with van der Waals surface area (Å²) in [6.07, 6.45) is 7.78. The molecule has 0 nitrogen and oxygen atoms in total. The van der Waals surface area contributed by atoms with Crippen LogP contribution in [0, 0.1) is 11.8 Å². The lowest BCUT2D eigenvalue weighted by atomic mass is 9.81. The minimum Gasteiger partial charge on any atom is -0.103 e. The molecule has 0 heterocycles. The van der Waals surface area contributed by atoms with Gasteiger partial charge in [-0.2, -0.15) is 0 Å². The first-order chi connectivity index (χ1) is 4.34. The Hall–Kier alpha value is -0.260. The molecule has 1 unspecified atom stereocenters. The zero-order chi connectivity index (χ0) is 6.69. The van der Waals surface area contributed by atoms with E-state index in [9.17, 15) is 0 Å². The van der Waals surface area contributed by atoms with E-state index >= 15 is 0 Å². The van der Waals surface area contributed by atoms with Crippen LogP contribution in [-0.2, 0) is 0 Å². The lowest BCUT2D eigenvalue weighted by molar-refractivity contribution is 0.307. The zero-order valence-corrected chi connectivity index (χ0v) is 6.27. The first-order valence-corrected chi connectivity index (χ1v) is 3.97. The molecule has 0 aromatic carbocycles. The Balaban J connectivity index is 2.38. The van der Waals surface area contributed by atoms with Gasteiger partial charge >= 0.3 is 0 Å². The first kappa shape index (κ1) is 6.85. The van der Waals surface area contributed by atoms with E-state index < -0.39 is 0 Å². The highest BCUT2D eigenvalue weighted by Crippen LogP contribution is 2.29. The van der Waals surface area contributed by atoms with Crippen molar-refractivity contribution in [2.45, 2.75) is 32.6 Å². The monoisotopic (exact) mass is 124 g/mol. The van der Waals surface area contributed by atoms with Gasteiger partial charge in [0, 0.05) is 0 Å². The third-order valence-electron chi connectivity index (χ3n) is 2.48. The maximum absolute atomic E-state index is 3.83. The van der Waals surface area contributed by atoms with E-state index in [-0.39, 0.29) is 0 Å². The van der Waals surface area contributed by atoms with Crippen LogP contribution in [0.15, 0.2) is 12.7 Å². The van der Waals surface area contributed by atoms with E-state index in [1.807, 2.05) is 0 Å². The van der Waals surface area contributed by atoms with Gasteiger partial charge in [0.2, 0.25) is 0 Å². The quantitative estimate of drug-likeness (QED) is 0.471. The fourth-order valence-electron chi connectivity index (χ4n) is 1.70. The molecular weight excluding hydrogens is 108 g/mol. The molecule has 0 radical (unpaired) electrons. The average Bonchev–Trinajstić information content (AvgIpc) is 1.89. The standard InChI is InChI=1S/C9H16/c1-3-9-7-5-4-6-8(9)2/h3,8-9H,1,4-7H2,2H3/t8-,9?/m1/s1. The Labute approximate surface area is 58.0 Å². The predicted octanol–water partition coefficient (Wildman–Crippen LogP) is 3.00. The van der Waals surface area contributed by atoms with Crippen LogP contribution in [0.5, 0.6) is 0 Å². The summed E-state index contributed by atoms with van der Waals surface area (Å²) >= 11 is 0. The molecule has 0 aliphatic heterocycles. The number of allylic oxidation sites excluding steroid dienone is 1. The fourth-order valence-corrected chi connectivity index (χ4v) is 1.70. The lowest BCUT2D eigenvalue weighted by Gasteiger charge is -2.25. The predicted molar refractivity (Wildman–Crippen MR) is 41.3 cm³/mol. The van der Waals surface area contributed by atoms with E-state index in [4.69, 9.17) is 0 Å². The van der Waals surface area contributed by atoms with Gasteiger partial charge in [0.15, 0.2) is 0 Å². The van der Waals surface area contributed by atoms with Gasteiger partial charge < -0.3 is 0 Å². The smallest absolute Gasteiger partial charge is 0.0210 e. The second kappa shape index (κ2) is 3.05. The molecule has 0 bridgehead atoms. The summed E-state index contributed by atoms with van der Waals surface area (Å²) in [7, 11) is 0. The Morgan fingerprint density at radius 3 is 2.44 bits per heavy atom. The van der Waals surface area contributed by atoms with Gasteiger partial charge in [-0.05, 0) is 18.3 Å². The third-order valence-corrected chi connectivity index (χ3v) is 2.48. The van der Waals surface area contributed by atoms with Crippen LogP contribution in [-0.4, -0.2) is 0 Å². The van der Waals surface area contributed by atoms with E-state index in [1.54, 1.807) is 0 Å². The van der Waals surface area contributed by atoms with Crippen LogP contribution in [0.2, 0.25) is 0 Å². The second-order valence-electron chi connectivity index (χ2n) is 3.16. The third kappa shape index (κ3) is 1.57. The molecule has 1 rings (SSSR count). The SMILES string of the molecule is C=CC1CCCC[C@H]1C. The van der Waals surface area contributed by atoms with Crippen molar-refractivity contribution >= 4 is 0 Å². The summed E-state index contributed by atoms with van der Waals surface area (Å²) in [6, 6.07) is 0. The van der Waals surface area contributed by atoms with Crippen LogP contribution in [0.3, 0.4) is 0 Å². The molecular formula is C9H16. The Morgan fingerprint density at radius 2 is 2.00 bits per heavy atom. The molecule has 1 fully saturated rings. The number of rotatable bonds is 1. The summed E-state index contributed by atoms with van der Waals surface area (Å²) in [6.45, 7) is 6.17. The van der Waals surface area contributed by atoms with Gasteiger partial charge in [-0.1, -0.05) is 32.3 Å². The molecule has 9 heavy (non-hydrogen) atoms. The highest BCUT2D eigenvalue weighted by atomic mass is 14.2. The maximum atomic E-state index is 3.83. The van der Waals surface area contributed by atoms with Gasteiger partial charge in [0.05, 0.1) is 0 Å². The minimum atomic E-state index is 0.818. The Morgan fingerprint density at radius 1 is 1.33 bits per heavy atom. The van der Waals surface area contributed by atoms with Crippen molar-refractivity contribution in [1.29, 1.82) is 0 Å². The normalized spacial score (nSPS) is 36.1. The maximum Gasteiger partial charge on any atom is -0.0210 e. The number of hydrogen-bond acceptors (Lipinski definition) is 0. The average molecular weight is 124 g/mol. The lowest BCUT2D eigenvalue weighted by Crippen LogP contribution is -2.13. The van der Waals surface area contributed by atoms with Crippen molar-refractivity contribution in [3.63, 3.8) is 0 Å². The first-order valence-electron chi connectivity index (χ1n) is 3.97. The Bertz CT molecular complexity index is 94.2. The molecule has 0 spiro atoms. The van der Waals surface area contributed by atoms with Crippen molar-refractivity contribution in [2.24, 2.45) is 11.8 Å². The minimum absolute atomic E-state index is 0.818. The number of hydrogen-bond donors (Lipinski definition) is 0. The molecule has 52 valence electrons. The molecule has 0 amide bonds. The van der Waals surface area contributed by atoms with Crippen LogP contribution in [0.1, 0.15) is 32.6 Å². The molecule has 1 aliphatic rings. The molecule has 0 aromatic heterocycles. The van der Waals surface area contributed by atoms with Crippen molar-refractivity contribution in [3.05, 3.63) is 12.7 Å². The zero-order valence-electron chi connectivity index (χ0n) is 6.27. The summed E-state index contributed by atoms with van der Waals surface area (Å²) < 4.78 is 0. The highest BCUT2D eigenvalue weighted by molar-refractivity contribution is 4.85. The molecule has 0 heteroatoms. The molecule has 0 saturated heterocycles. The van der Waals surface area contributed by atoms with Gasteiger partial charge in [-0.25, -0.2) is 0 Å². The van der Waals surface area contributed by atoms with Crippen molar-refractivity contribution in [2.75, 3.05) is 0 Å². The fraction of sp³-hybridized carbons (Fsp3) is 0.778. The summed E-state index contributed by atoms with van der Waals surface area (Å²) in [5, 5.41) is 0. The molecule has 1 saturated carbocycles. The van der Waals surface area contributed by atoms with Crippen LogP contribution in [0.25, 0.3) is 0 Å². The molecule has 2 atom stereocenters. The van der Waals surface area contributed by atoms with Crippen LogP contribution < -0.4 is 0 Å². The summed E-state index contributed by atoms with van der Waals surface area (Å²) in [5.41, 5.74) is 0. The summed E-state index contributed by atoms with van der Waals surface area (Å²) in [5.74, 6) is 1.72. The van der Waals surface area contributed by atoms with E-state index in [0.29, 0.717) is 0 Å². The Kier molecular flexibility index (Phi) is 2.32. The molecule has 0 N–H and O–H groups in total. The molecule has 0 aromatic rings. The van der Waals surface area contributed by atoms with Gasteiger partial charge in [0.1, 0.15) is 0 Å². The largest absolute Gasteiger partial charge is 0.103 e. The van der Waals surface area contributed by atoms with E-state index in [0.717, 1.165) is 11.8 Å². The topological polar surface area (TPSA) is 0 Å². The van der Waals surface area contributed by atoms with Gasteiger partial charge in [0.25, 0.3) is 0 Å². The van der Waals surface area contributed by atoms with Crippen molar-refractivity contribution < 1.29 is 0 Å². The van der Waals surface area contributed by atoms with Crippen LogP contribution in [0.4, 0.5) is 0 Å². The van der Waals surface area contributed by atoms with E-state index in [1.165, 1.54) is 25.7 Å². The summed E-state index contributed by atoms with van der Waals surface area (Å²) in [4.78, 5) is 0. The van der Waals surface area contributed by atoms with Gasteiger partial charge in [-0.15, -0.1) is 6.58 Å². The van der Waals surface area contributed by atoms with Crippen molar-refractivity contribution in [3.8, 4) is 0 Å². The van der Waals surface area contributed by atoms with Crippen LogP contribution >= 0.6 is 0 Å². The highest BCUT2D eigenvalue weighted by Gasteiger charge is 2.17. The molecule has 1 aliphatic carbocycles. The van der Waals surface area contributed by atoms with Gasteiger partial charge in [-0.3, -0.25) is 0 Å².